The van der Waals surface area contributed by atoms with Gasteiger partial charge in [0.25, 0.3) is 0 Å². The number of hydrogen-bond acceptors (Lipinski definition) is 3. The lowest BCUT2D eigenvalue weighted by Gasteiger charge is -2.09. The largest absolute Gasteiger partial charge is 0.416 e. The van der Waals surface area contributed by atoms with E-state index in [9.17, 15) is 18.0 Å². The third-order valence-corrected chi connectivity index (χ3v) is 2.77. The highest BCUT2D eigenvalue weighted by molar-refractivity contribution is 5.76. The number of ether oxygens (including phenoxy) is 1. The van der Waals surface area contributed by atoms with Gasteiger partial charge in [0.2, 0.25) is 5.91 Å². The number of methoxy groups -OCH3 is 1. The molecule has 0 aromatic heterocycles. The molecular weight excluding hydrogens is 285 g/mol. The first-order valence-corrected chi connectivity index (χ1v) is 6.56. The fourth-order valence-electron chi connectivity index (χ4n) is 1.63. The number of carbonyl (C=O) groups excluding carboxylic acids is 1. The van der Waals surface area contributed by atoms with E-state index in [4.69, 9.17) is 4.74 Å². The molecule has 0 aliphatic carbocycles. The van der Waals surface area contributed by atoms with Crippen LogP contribution < -0.4 is 10.6 Å². The predicted octanol–water partition coefficient (Wildman–Crippen LogP) is 1.95. The topological polar surface area (TPSA) is 50.4 Å². The molecule has 0 aliphatic rings. The quantitative estimate of drug-likeness (QED) is 0.722. The second-order valence-corrected chi connectivity index (χ2v) is 4.46. The third-order valence-electron chi connectivity index (χ3n) is 2.77. The molecule has 0 aliphatic heterocycles. The molecule has 0 saturated carbocycles. The van der Waals surface area contributed by atoms with Gasteiger partial charge in [-0.2, -0.15) is 13.2 Å². The molecule has 1 aromatic carbocycles. The second-order valence-electron chi connectivity index (χ2n) is 4.46. The van der Waals surface area contributed by atoms with Crippen LogP contribution in [-0.4, -0.2) is 32.7 Å². The summed E-state index contributed by atoms with van der Waals surface area (Å²) in [6.07, 6.45) is -4.00. The van der Waals surface area contributed by atoms with Crippen molar-refractivity contribution in [2.45, 2.75) is 19.1 Å². The van der Waals surface area contributed by atoms with Gasteiger partial charge in [-0.1, -0.05) is 12.1 Å². The van der Waals surface area contributed by atoms with Crippen molar-refractivity contribution >= 4 is 5.91 Å². The summed E-state index contributed by atoms with van der Waals surface area (Å²) in [7, 11) is 1.55. The highest BCUT2D eigenvalue weighted by Gasteiger charge is 2.29. The van der Waals surface area contributed by atoms with E-state index in [1.54, 1.807) is 7.11 Å². The Morgan fingerprint density at radius 2 is 1.86 bits per heavy atom. The van der Waals surface area contributed by atoms with E-state index in [-0.39, 0.29) is 5.91 Å². The number of benzene rings is 1. The van der Waals surface area contributed by atoms with Crippen LogP contribution in [0.25, 0.3) is 0 Å². The molecule has 2 N–H and O–H groups in total. The van der Waals surface area contributed by atoms with Gasteiger partial charge in [0, 0.05) is 33.2 Å². The molecule has 1 aromatic rings. The first kappa shape index (κ1) is 17.5. The van der Waals surface area contributed by atoms with Crippen LogP contribution in [-0.2, 0) is 22.3 Å². The van der Waals surface area contributed by atoms with Crippen molar-refractivity contribution < 1.29 is 22.7 Å². The molecule has 21 heavy (non-hydrogen) atoms. The monoisotopic (exact) mass is 304 g/mol. The number of alkyl halides is 3. The van der Waals surface area contributed by atoms with E-state index < -0.39 is 11.7 Å². The molecule has 1 amide bonds. The van der Waals surface area contributed by atoms with Crippen LogP contribution in [0.2, 0.25) is 0 Å². The Morgan fingerprint density at radius 3 is 2.43 bits per heavy atom. The van der Waals surface area contributed by atoms with Gasteiger partial charge >= 0.3 is 6.18 Å². The third kappa shape index (κ3) is 7.10. The summed E-state index contributed by atoms with van der Waals surface area (Å²) in [6, 6.07) is 4.95. The average molecular weight is 304 g/mol. The number of carbonyl (C=O) groups is 1. The Kier molecular flexibility index (Phi) is 7.18. The van der Waals surface area contributed by atoms with Gasteiger partial charge in [-0.25, -0.2) is 0 Å². The minimum absolute atomic E-state index is 0.0908. The first-order valence-electron chi connectivity index (χ1n) is 6.56. The molecule has 0 fully saturated rings. The molecule has 0 radical (unpaired) electrons. The molecule has 4 nitrogen and oxygen atoms in total. The molecule has 1 rings (SSSR count). The van der Waals surface area contributed by atoms with E-state index >= 15 is 0 Å². The predicted molar refractivity (Wildman–Crippen MR) is 72.7 cm³/mol. The van der Waals surface area contributed by atoms with Crippen molar-refractivity contribution in [1.29, 1.82) is 0 Å². The highest BCUT2D eigenvalue weighted by Crippen LogP contribution is 2.28. The zero-order valence-corrected chi connectivity index (χ0v) is 11.8. The van der Waals surface area contributed by atoms with Crippen molar-refractivity contribution in [3.05, 3.63) is 35.4 Å². The van der Waals surface area contributed by atoms with Gasteiger partial charge in [-0.3, -0.25) is 4.79 Å². The van der Waals surface area contributed by atoms with Crippen molar-refractivity contribution in [2.75, 3.05) is 26.8 Å². The summed E-state index contributed by atoms with van der Waals surface area (Å²) in [5.74, 6) is -0.0908. The van der Waals surface area contributed by atoms with Crippen LogP contribution in [0.3, 0.4) is 0 Å². The zero-order valence-electron chi connectivity index (χ0n) is 11.8. The number of amides is 1. The molecule has 118 valence electrons. The van der Waals surface area contributed by atoms with Gasteiger partial charge in [0.1, 0.15) is 0 Å². The maximum Gasteiger partial charge on any atom is 0.416 e. The molecule has 0 spiro atoms. The van der Waals surface area contributed by atoms with Crippen LogP contribution >= 0.6 is 0 Å². The molecule has 0 saturated heterocycles. The summed E-state index contributed by atoms with van der Waals surface area (Å²) < 4.78 is 41.9. The molecule has 0 heterocycles. The standard InChI is InChI=1S/C14H19F3N2O2/c1-21-9-8-19-13(20)6-7-18-10-11-2-4-12(5-3-11)14(15,16)17/h2-5,18H,6-10H2,1H3,(H,19,20). The van der Waals surface area contributed by atoms with Crippen molar-refractivity contribution in [2.24, 2.45) is 0 Å². The Balaban J connectivity index is 2.22. The summed E-state index contributed by atoms with van der Waals surface area (Å²) in [5.41, 5.74) is 0.0755. The summed E-state index contributed by atoms with van der Waals surface area (Å²) in [5, 5.41) is 5.69. The zero-order chi connectivity index (χ0) is 15.7. The molecular formula is C14H19F3N2O2. The Hall–Kier alpha value is -1.60. The fourth-order valence-corrected chi connectivity index (χ4v) is 1.63. The van der Waals surface area contributed by atoms with Gasteiger partial charge in [-0.15, -0.1) is 0 Å². The summed E-state index contributed by atoms with van der Waals surface area (Å²) in [6.45, 7) is 1.81. The number of halogens is 3. The Labute approximate surface area is 121 Å². The van der Waals surface area contributed by atoms with E-state index in [0.29, 0.717) is 32.7 Å². The molecule has 0 bridgehead atoms. The lowest BCUT2D eigenvalue weighted by Crippen LogP contribution is -2.29. The number of hydrogen-bond donors (Lipinski definition) is 2. The summed E-state index contributed by atoms with van der Waals surface area (Å²) >= 11 is 0. The van der Waals surface area contributed by atoms with E-state index in [1.807, 2.05) is 0 Å². The second kappa shape index (κ2) is 8.63. The molecule has 7 heteroatoms. The van der Waals surface area contributed by atoms with Gasteiger partial charge in [-0.05, 0) is 17.7 Å². The van der Waals surface area contributed by atoms with Gasteiger partial charge < -0.3 is 15.4 Å². The number of rotatable bonds is 8. The van der Waals surface area contributed by atoms with Crippen LogP contribution in [0, 0.1) is 0 Å². The van der Waals surface area contributed by atoms with Crippen LogP contribution in [0.4, 0.5) is 13.2 Å². The normalized spacial score (nSPS) is 11.4. The maximum atomic E-state index is 12.4. The Bertz CT molecular complexity index is 433. The van der Waals surface area contributed by atoms with Crippen LogP contribution in [0.15, 0.2) is 24.3 Å². The molecule has 0 unspecified atom stereocenters. The Morgan fingerprint density at radius 1 is 1.19 bits per heavy atom. The molecule has 0 atom stereocenters. The van der Waals surface area contributed by atoms with Crippen LogP contribution in [0.5, 0.6) is 0 Å². The van der Waals surface area contributed by atoms with E-state index in [2.05, 4.69) is 10.6 Å². The maximum absolute atomic E-state index is 12.4. The lowest BCUT2D eigenvalue weighted by atomic mass is 10.1. The summed E-state index contributed by atoms with van der Waals surface area (Å²) in [4.78, 5) is 11.4. The first-order chi connectivity index (χ1) is 9.93. The minimum atomic E-state index is -4.31. The highest BCUT2D eigenvalue weighted by atomic mass is 19.4. The van der Waals surface area contributed by atoms with Crippen molar-refractivity contribution in [1.82, 2.24) is 10.6 Å². The number of nitrogens with one attached hydrogen (secondary N) is 2. The van der Waals surface area contributed by atoms with E-state index in [0.717, 1.165) is 17.7 Å². The fraction of sp³-hybridized carbons (Fsp3) is 0.500. The van der Waals surface area contributed by atoms with Crippen molar-refractivity contribution in [3.8, 4) is 0 Å². The van der Waals surface area contributed by atoms with Crippen molar-refractivity contribution in [3.63, 3.8) is 0 Å². The van der Waals surface area contributed by atoms with E-state index in [1.165, 1.54) is 12.1 Å². The van der Waals surface area contributed by atoms with Gasteiger partial charge in [0.15, 0.2) is 0 Å². The minimum Gasteiger partial charge on any atom is -0.383 e. The smallest absolute Gasteiger partial charge is 0.383 e. The SMILES string of the molecule is COCCNC(=O)CCNCc1ccc(C(F)(F)F)cc1. The lowest BCUT2D eigenvalue weighted by molar-refractivity contribution is -0.137. The van der Waals surface area contributed by atoms with Crippen LogP contribution in [0.1, 0.15) is 17.5 Å². The average Bonchev–Trinajstić information content (AvgIpc) is 2.43. The van der Waals surface area contributed by atoms with Gasteiger partial charge in [0.05, 0.1) is 12.2 Å².